The lowest BCUT2D eigenvalue weighted by Crippen LogP contribution is -2.40. The molecule has 0 saturated carbocycles. The first-order chi connectivity index (χ1) is 8.26. The van der Waals surface area contributed by atoms with Crippen molar-refractivity contribution in [1.82, 2.24) is 4.90 Å². The van der Waals surface area contributed by atoms with Crippen LogP contribution in [-0.2, 0) is 4.74 Å². The van der Waals surface area contributed by atoms with E-state index in [4.69, 9.17) is 14.3 Å². The molecule has 18 heavy (non-hydrogen) atoms. The number of rotatable bonds is 5. The van der Waals surface area contributed by atoms with Crippen LogP contribution in [0, 0.1) is 0 Å². The molecule has 1 amide bonds. The van der Waals surface area contributed by atoms with Crippen LogP contribution in [0.3, 0.4) is 0 Å². The quantitative estimate of drug-likeness (QED) is 0.861. The number of likely N-dealkylation sites (N-methyl/N-ethyl adjacent to an activating group) is 1. The summed E-state index contributed by atoms with van der Waals surface area (Å²) >= 11 is 0. The zero-order valence-corrected chi connectivity index (χ0v) is 10.9. The van der Waals surface area contributed by atoms with Crippen LogP contribution in [0.15, 0.2) is 16.7 Å². The second kappa shape index (κ2) is 5.22. The first-order valence-corrected chi connectivity index (χ1v) is 5.39. The van der Waals surface area contributed by atoms with Crippen molar-refractivity contribution in [1.29, 1.82) is 0 Å². The number of hydrogen-bond acceptors (Lipinski definition) is 4. The van der Waals surface area contributed by atoms with Gasteiger partial charge in [-0.15, -0.1) is 0 Å². The molecule has 0 fully saturated rings. The van der Waals surface area contributed by atoms with E-state index in [0.29, 0.717) is 6.54 Å². The minimum Gasteiger partial charge on any atom is -0.478 e. The van der Waals surface area contributed by atoms with Crippen LogP contribution < -0.4 is 0 Å². The number of carboxylic acid groups (broad SMARTS) is 1. The predicted octanol–water partition coefficient (Wildman–Crippen LogP) is 1.47. The molecule has 0 atom stereocenters. The van der Waals surface area contributed by atoms with E-state index in [1.54, 1.807) is 14.2 Å². The van der Waals surface area contributed by atoms with Crippen LogP contribution in [0.1, 0.15) is 34.8 Å². The van der Waals surface area contributed by atoms with Crippen LogP contribution >= 0.6 is 0 Å². The number of carboxylic acids is 1. The van der Waals surface area contributed by atoms with Crippen molar-refractivity contribution in [3.63, 3.8) is 0 Å². The largest absolute Gasteiger partial charge is 0.478 e. The normalized spacial score (nSPS) is 11.3. The van der Waals surface area contributed by atoms with Crippen molar-refractivity contribution >= 4 is 11.9 Å². The van der Waals surface area contributed by atoms with E-state index < -0.39 is 11.6 Å². The molecule has 0 aliphatic heterocycles. The van der Waals surface area contributed by atoms with Gasteiger partial charge in [0.25, 0.3) is 5.91 Å². The highest BCUT2D eigenvalue weighted by Crippen LogP contribution is 2.14. The molecule has 1 N–H and O–H groups in total. The van der Waals surface area contributed by atoms with Gasteiger partial charge in [-0.05, 0) is 13.8 Å². The van der Waals surface area contributed by atoms with Gasteiger partial charge >= 0.3 is 5.97 Å². The summed E-state index contributed by atoms with van der Waals surface area (Å²) in [7, 11) is 3.17. The first kappa shape index (κ1) is 14.2. The molecular formula is C12H17NO5. The number of carbonyl (C=O) groups excluding carboxylic acids is 1. The van der Waals surface area contributed by atoms with Crippen molar-refractivity contribution in [2.24, 2.45) is 0 Å². The summed E-state index contributed by atoms with van der Waals surface area (Å²) in [5, 5.41) is 8.74. The van der Waals surface area contributed by atoms with Gasteiger partial charge in [-0.25, -0.2) is 4.79 Å². The SMILES string of the molecule is COC(C)(C)CN(C)C(=O)c1cc(C(=O)O)co1. The Morgan fingerprint density at radius 1 is 1.50 bits per heavy atom. The first-order valence-electron chi connectivity index (χ1n) is 5.39. The van der Waals surface area contributed by atoms with Crippen LogP contribution in [-0.4, -0.2) is 48.2 Å². The van der Waals surface area contributed by atoms with Crippen LogP contribution in [0.4, 0.5) is 0 Å². The van der Waals surface area contributed by atoms with Gasteiger partial charge in [0.05, 0.1) is 11.2 Å². The zero-order valence-electron chi connectivity index (χ0n) is 10.9. The van der Waals surface area contributed by atoms with E-state index in [0.717, 1.165) is 6.26 Å². The zero-order chi connectivity index (χ0) is 13.9. The number of hydrogen-bond donors (Lipinski definition) is 1. The molecule has 1 rings (SSSR count). The van der Waals surface area contributed by atoms with Crippen molar-refractivity contribution in [3.05, 3.63) is 23.7 Å². The minimum atomic E-state index is -1.13. The van der Waals surface area contributed by atoms with Gasteiger partial charge in [0, 0.05) is 26.8 Å². The molecule has 1 aromatic rings. The molecule has 0 aliphatic rings. The summed E-state index contributed by atoms with van der Waals surface area (Å²) < 4.78 is 10.2. The van der Waals surface area contributed by atoms with Gasteiger partial charge in [0.1, 0.15) is 6.26 Å². The Morgan fingerprint density at radius 3 is 2.56 bits per heavy atom. The van der Waals surface area contributed by atoms with Gasteiger partial charge in [0.15, 0.2) is 5.76 Å². The Bertz CT molecular complexity index is 449. The third-order valence-corrected chi connectivity index (χ3v) is 2.57. The van der Waals surface area contributed by atoms with Crippen molar-refractivity contribution < 1.29 is 23.8 Å². The monoisotopic (exact) mass is 255 g/mol. The summed E-state index contributed by atoms with van der Waals surface area (Å²) in [5.74, 6) is -1.51. The maximum atomic E-state index is 12.0. The molecule has 0 spiro atoms. The molecule has 6 heteroatoms. The van der Waals surface area contributed by atoms with E-state index >= 15 is 0 Å². The topological polar surface area (TPSA) is 80.0 Å². The summed E-state index contributed by atoms with van der Waals surface area (Å²) in [4.78, 5) is 24.1. The lowest BCUT2D eigenvalue weighted by atomic mass is 10.1. The van der Waals surface area contributed by atoms with E-state index in [1.807, 2.05) is 13.8 Å². The molecule has 0 unspecified atom stereocenters. The van der Waals surface area contributed by atoms with Crippen molar-refractivity contribution in [2.75, 3.05) is 20.7 Å². The maximum Gasteiger partial charge on any atom is 0.338 e. The van der Waals surface area contributed by atoms with Crippen molar-refractivity contribution in [3.8, 4) is 0 Å². The molecule has 1 heterocycles. The summed E-state index contributed by atoms with van der Waals surface area (Å²) in [5.41, 5.74) is -0.523. The van der Waals surface area contributed by atoms with Crippen LogP contribution in [0.2, 0.25) is 0 Å². The van der Waals surface area contributed by atoms with Crippen LogP contribution in [0.5, 0.6) is 0 Å². The van der Waals surface area contributed by atoms with Gasteiger partial charge in [-0.3, -0.25) is 4.79 Å². The van der Waals surface area contributed by atoms with E-state index in [2.05, 4.69) is 0 Å². The summed E-state index contributed by atoms with van der Waals surface area (Å²) in [6.07, 6.45) is 1.05. The Labute approximate surface area is 105 Å². The highest BCUT2D eigenvalue weighted by atomic mass is 16.5. The Kier molecular flexibility index (Phi) is 4.13. The summed E-state index contributed by atoms with van der Waals surface area (Å²) in [6, 6.07) is 1.21. The molecule has 0 aromatic carbocycles. The lowest BCUT2D eigenvalue weighted by molar-refractivity contribution is -0.00100. The standard InChI is InChI=1S/C12H17NO5/c1-12(2,17-4)7-13(3)10(14)9-5-8(6-18-9)11(15)16/h5-6H,7H2,1-4H3,(H,15,16). The average Bonchev–Trinajstić information content (AvgIpc) is 2.76. The number of aromatic carboxylic acids is 1. The van der Waals surface area contributed by atoms with E-state index in [-0.39, 0.29) is 17.2 Å². The van der Waals surface area contributed by atoms with E-state index in [1.165, 1.54) is 11.0 Å². The number of ether oxygens (including phenoxy) is 1. The smallest absolute Gasteiger partial charge is 0.338 e. The molecule has 0 saturated heterocycles. The van der Waals surface area contributed by atoms with E-state index in [9.17, 15) is 9.59 Å². The lowest BCUT2D eigenvalue weighted by Gasteiger charge is -2.28. The number of methoxy groups -OCH3 is 1. The predicted molar refractivity (Wildman–Crippen MR) is 63.7 cm³/mol. The molecule has 1 aromatic heterocycles. The minimum absolute atomic E-state index is 0.00167. The van der Waals surface area contributed by atoms with Gasteiger partial charge in [-0.2, -0.15) is 0 Å². The molecule has 100 valence electrons. The number of nitrogens with zero attached hydrogens (tertiary/aromatic N) is 1. The second-order valence-corrected chi connectivity index (χ2v) is 4.63. The number of furan rings is 1. The highest BCUT2D eigenvalue weighted by molar-refractivity contribution is 5.95. The molecule has 0 radical (unpaired) electrons. The average molecular weight is 255 g/mol. The van der Waals surface area contributed by atoms with Gasteiger partial charge < -0.3 is 19.2 Å². The fraction of sp³-hybridized carbons (Fsp3) is 0.500. The summed E-state index contributed by atoms with van der Waals surface area (Å²) in [6.45, 7) is 4.06. The fourth-order valence-corrected chi connectivity index (χ4v) is 1.46. The Morgan fingerprint density at radius 2 is 2.11 bits per heavy atom. The van der Waals surface area contributed by atoms with Gasteiger partial charge in [-0.1, -0.05) is 0 Å². The van der Waals surface area contributed by atoms with Crippen molar-refractivity contribution in [2.45, 2.75) is 19.4 Å². The third-order valence-electron chi connectivity index (χ3n) is 2.57. The molecule has 0 aliphatic carbocycles. The Balaban J connectivity index is 2.77. The molecule has 0 bridgehead atoms. The third kappa shape index (κ3) is 3.33. The second-order valence-electron chi connectivity index (χ2n) is 4.63. The number of amides is 1. The van der Waals surface area contributed by atoms with Gasteiger partial charge in [0.2, 0.25) is 0 Å². The fourth-order valence-electron chi connectivity index (χ4n) is 1.46. The highest BCUT2D eigenvalue weighted by Gasteiger charge is 2.24. The molecule has 6 nitrogen and oxygen atoms in total. The van der Waals surface area contributed by atoms with Crippen LogP contribution in [0.25, 0.3) is 0 Å². The Hall–Kier alpha value is -1.82. The number of carbonyl (C=O) groups is 2. The maximum absolute atomic E-state index is 12.0. The molecular weight excluding hydrogens is 238 g/mol.